The van der Waals surface area contributed by atoms with Gasteiger partial charge in [0, 0.05) is 14.1 Å². The van der Waals surface area contributed by atoms with Gasteiger partial charge in [-0.25, -0.2) is 13.1 Å². The predicted octanol–water partition coefficient (Wildman–Crippen LogP) is 1.73. The molecule has 118 valence electrons. The van der Waals surface area contributed by atoms with Crippen molar-refractivity contribution in [2.45, 2.75) is 11.1 Å². The van der Waals surface area contributed by atoms with E-state index in [4.69, 9.17) is 11.6 Å². The molecule has 0 aromatic heterocycles. The van der Waals surface area contributed by atoms with E-state index in [0.29, 0.717) is 6.07 Å². The number of alkyl halides is 3. The molecule has 0 heterocycles. The van der Waals surface area contributed by atoms with Crippen LogP contribution >= 0.6 is 11.6 Å². The van der Waals surface area contributed by atoms with Crippen molar-refractivity contribution in [3.8, 4) is 0 Å². The highest BCUT2D eigenvalue weighted by molar-refractivity contribution is 7.89. The van der Waals surface area contributed by atoms with Crippen LogP contribution in [0.15, 0.2) is 23.1 Å². The van der Waals surface area contributed by atoms with Gasteiger partial charge in [0.1, 0.15) is 0 Å². The normalized spacial score (nSPS) is 12.3. The standard InChI is InChI=1S/C11H12ClF3N2O3S/c1-17(2)10(18)6-16-21(19,20)7-3-4-9(12)8(5-7)11(13,14)15/h3-5,16H,6H2,1-2H3. The van der Waals surface area contributed by atoms with Gasteiger partial charge in [0.15, 0.2) is 0 Å². The Kier molecular flexibility index (Phi) is 5.24. The van der Waals surface area contributed by atoms with Gasteiger partial charge in [-0.15, -0.1) is 0 Å². The van der Waals surface area contributed by atoms with E-state index in [1.165, 1.54) is 14.1 Å². The fourth-order valence-corrected chi connectivity index (χ4v) is 2.51. The molecular formula is C11H12ClF3N2O3S. The van der Waals surface area contributed by atoms with Crippen molar-refractivity contribution in [3.63, 3.8) is 0 Å². The first kappa shape index (κ1) is 17.7. The summed E-state index contributed by atoms with van der Waals surface area (Å²) in [5, 5.41) is -0.606. The lowest BCUT2D eigenvalue weighted by Gasteiger charge is -2.13. The van der Waals surface area contributed by atoms with Gasteiger partial charge < -0.3 is 4.90 Å². The van der Waals surface area contributed by atoms with Crippen LogP contribution in [0.3, 0.4) is 0 Å². The molecule has 1 aromatic carbocycles. The van der Waals surface area contributed by atoms with E-state index in [-0.39, 0.29) is 0 Å². The average molecular weight is 345 g/mol. The molecule has 0 aliphatic heterocycles. The Labute approximate surface area is 124 Å². The van der Waals surface area contributed by atoms with Gasteiger partial charge in [-0.3, -0.25) is 4.79 Å². The van der Waals surface area contributed by atoms with Gasteiger partial charge in [0.25, 0.3) is 0 Å². The lowest BCUT2D eigenvalue weighted by Crippen LogP contribution is -2.36. The average Bonchev–Trinajstić information content (AvgIpc) is 2.34. The van der Waals surface area contributed by atoms with Crippen LogP contribution < -0.4 is 4.72 Å². The number of halogens is 4. The van der Waals surface area contributed by atoms with Crippen LogP contribution in [0.1, 0.15) is 5.56 Å². The summed E-state index contributed by atoms with van der Waals surface area (Å²) in [6.07, 6.45) is -4.78. The van der Waals surface area contributed by atoms with Gasteiger partial charge in [-0.05, 0) is 18.2 Å². The maximum atomic E-state index is 12.7. The Morgan fingerprint density at radius 1 is 1.33 bits per heavy atom. The maximum Gasteiger partial charge on any atom is 0.417 e. The fourth-order valence-electron chi connectivity index (χ4n) is 1.29. The molecule has 0 aliphatic carbocycles. The first-order chi connectivity index (χ1) is 9.45. The van der Waals surface area contributed by atoms with Gasteiger partial charge in [0.05, 0.1) is 22.0 Å². The monoisotopic (exact) mass is 344 g/mol. The van der Waals surface area contributed by atoms with Crippen molar-refractivity contribution < 1.29 is 26.4 Å². The van der Waals surface area contributed by atoms with Crippen LogP contribution in [0, 0.1) is 0 Å². The number of nitrogens with zero attached hydrogens (tertiary/aromatic N) is 1. The number of benzene rings is 1. The molecule has 1 rings (SSSR count). The van der Waals surface area contributed by atoms with Crippen molar-refractivity contribution in [3.05, 3.63) is 28.8 Å². The van der Waals surface area contributed by atoms with Crippen LogP contribution in [0.25, 0.3) is 0 Å². The van der Waals surface area contributed by atoms with Crippen LogP contribution in [0.2, 0.25) is 5.02 Å². The lowest BCUT2D eigenvalue weighted by molar-refractivity contribution is -0.137. The molecule has 1 aromatic rings. The van der Waals surface area contributed by atoms with Crippen molar-refractivity contribution in [2.75, 3.05) is 20.6 Å². The third-order valence-electron chi connectivity index (χ3n) is 2.47. The number of rotatable bonds is 4. The summed E-state index contributed by atoms with van der Waals surface area (Å²) in [6.45, 7) is -0.556. The molecular weight excluding hydrogens is 333 g/mol. The second-order valence-electron chi connectivity index (χ2n) is 4.25. The Bertz CT molecular complexity index is 645. The van der Waals surface area contributed by atoms with Gasteiger partial charge in [-0.1, -0.05) is 11.6 Å². The molecule has 0 unspecified atom stereocenters. The second kappa shape index (κ2) is 6.20. The minimum absolute atomic E-state index is 0.421. The number of amides is 1. The van der Waals surface area contributed by atoms with Crippen molar-refractivity contribution in [2.24, 2.45) is 0 Å². The molecule has 0 atom stereocenters. The molecule has 0 bridgehead atoms. The number of hydrogen-bond acceptors (Lipinski definition) is 3. The van der Waals surface area contributed by atoms with E-state index in [1.54, 1.807) is 0 Å². The SMILES string of the molecule is CN(C)C(=O)CNS(=O)(=O)c1ccc(Cl)c(C(F)(F)F)c1. The first-order valence-corrected chi connectivity index (χ1v) is 7.38. The highest BCUT2D eigenvalue weighted by Gasteiger charge is 2.34. The molecule has 1 N–H and O–H groups in total. The summed E-state index contributed by atoms with van der Waals surface area (Å²) in [6, 6.07) is 2.19. The van der Waals surface area contributed by atoms with Gasteiger partial charge in [-0.2, -0.15) is 13.2 Å². The number of likely N-dealkylation sites (N-methyl/N-ethyl adjacent to an activating group) is 1. The molecule has 0 radical (unpaired) electrons. The minimum atomic E-state index is -4.78. The summed E-state index contributed by atoms with van der Waals surface area (Å²) < 4.78 is 63.7. The van der Waals surface area contributed by atoms with Gasteiger partial charge >= 0.3 is 6.18 Å². The molecule has 21 heavy (non-hydrogen) atoms. The number of nitrogens with one attached hydrogen (secondary N) is 1. The van der Waals surface area contributed by atoms with E-state index in [1.807, 2.05) is 4.72 Å². The Hall–Kier alpha value is -1.32. The fraction of sp³-hybridized carbons (Fsp3) is 0.364. The summed E-state index contributed by atoms with van der Waals surface area (Å²) in [5.41, 5.74) is -1.26. The summed E-state index contributed by atoms with van der Waals surface area (Å²) in [7, 11) is -1.41. The smallest absolute Gasteiger partial charge is 0.348 e. The van der Waals surface area contributed by atoms with Crippen molar-refractivity contribution in [1.82, 2.24) is 9.62 Å². The predicted molar refractivity (Wildman–Crippen MR) is 70.3 cm³/mol. The number of carbonyl (C=O) groups excluding carboxylic acids is 1. The zero-order chi connectivity index (χ0) is 16.4. The van der Waals surface area contributed by atoms with E-state index in [0.717, 1.165) is 17.0 Å². The molecule has 0 saturated heterocycles. The van der Waals surface area contributed by atoms with Crippen LogP contribution in [-0.2, 0) is 21.0 Å². The van der Waals surface area contributed by atoms with E-state index < -0.39 is 44.1 Å². The number of hydrogen-bond donors (Lipinski definition) is 1. The van der Waals surface area contributed by atoms with Crippen LogP contribution in [0.5, 0.6) is 0 Å². The molecule has 0 fully saturated rings. The third-order valence-corrected chi connectivity index (χ3v) is 4.19. The Balaban J connectivity index is 3.07. The Morgan fingerprint density at radius 3 is 2.38 bits per heavy atom. The highest BCUT2D eigenvalue weighted by atomic mass is 35.5. The van der Waals surface area contributed by atoms with Crippen LogP contribution in [0.4, 0.5) is 13.2 Å². The van der Waals surface area contributed by atoms with Crippen LogP contribution in [-0.4, -0.2) is 39.9 Å². The van der Waals surface area contributed by atoms with E-state index >= 15 is 0 Å². The molecule has 0 saturated carbocycles. The Morgan fingerprint density at radius 2 is 1.90 bits per heavy atom. The number of sulfonamides is 1. The van der Waals surface area contributed by atoms with E-state index in [9.17, 15) is 26.4 Å². The zero-order valence-electron chi connectivity index (χ0n) is 11.0. The maximum absolute atomic E-state index is 12.7. The summed E-state index contributed by atoms with van der Waals surface area (Å²) >= 11 is 5.40. The summed E-state index contributed by atoms with van der Waals surface area (Å²) in [4.78, 5) is 11.8. The van der Waals surface area contributed by atoms with E-state index in [2.05, 4.69) is 0 Å². The molecule has 0 aliphatic rings. The second-order valence-corrected chi connectivity index (χ2v) is 6.43. The van der Waals surface area contributed by atoms with Gasteiger partial charge in [0.2, 0.25) is 15.9 Å². The molecule has 1 amide bonds. The third kappa shape index (κ3) is 4.58. The largest absolute Gasteiger partial charge is 0.417 e. The highest BCUT2D eigenvalue weighted by Crippen LogP contribution is 2.35. The topological polar surface area (TPSA) is 66.5 Å². The molecule has 10 heteroatoms. The molecule has 5 nitrogen and oxygen atoms in total. The first-order valence-electron chi connectivity index (χ1n) is 5.51. The van der Waals surface area contributed by atoms with Crippen molar-refractivity contribution in [1.29, 1.82) is 0 Å². The minimum Gasteiger partial charge on any atom is -0.348 e. The zero-order valence-corrected chi connectivity index (χ0v) is 12.6. The lowest BCUT2D eigenvalue weighted by atomic mass is 10.2. The summed E-state index contributed by atoms with van der Waals surface area (Å²) in [5.74, 6) is -0.538. The molecule has 0 spiro atoms. The number of carbonyl (C=O) groups is 1. The quantitative estimate of drug-likeness (QED) is 0.904. The van der Waals surface area contributed by atoms with Crippen molar-refractivity contribution >= 4 is 27.5 Å².